The maximum atomic E-state index is 13.4. The van der Waals surface area contributed by atoms with E-state index in [-0.39, 0.29) is 16.3 Å². The highest BCUT2D eigenvalue weighted by molar-refractivity contribution is 9.10. The van der Waals surface area contributed by atoms with Crippen LogP contribution in [0, 0.1) is 5.82 Å². The summed E-state index contributed by atoms with van der Waals surface area (Å²) in [6.45, 7) is 1.27. The van der Waals surface area contributed by atoms with E-state index >= 15 is 0 Å². The second-order valence-corrected chi connectivity index (χ2v) is 7.03. The minimum absolute atomic E-state index is 0.0220. The number of carbonyl (C=O) groups excluding carboxylic acids is 1. The van der Waals surface area contributed by atoms with E-state index in [9.17, 15) is 17.6 Å². The molecule has 1 amide bonds. The Morgan fingerprint density at radius 2 is 1.73 bits per heavy atom. The molecule has 5 nitrogen and oxygen atoms in total. The number of benzene rings is 2. The lowest BCUT2D eigenvalue weighted by Crippen LogP contribution is -2.16. The van der Waals surface area contributed by atoms with Crippen LogP contribution in [0.1, 0.15) is 6.92 Å². The Morgan fingerprint density at radius 3 is 2.32 bits per heavy atom. The number of hydrogen-bond acceptors (Lipinski definition) is 3. The standard InChI is InChI=1S/C14H12BrFN2O3S/c1-9(19)17-13-7-4-11(16)8-14(13)18-22(20,21)12-5-2-10(15)3-6-12/h2-8,18H,1H3,(H,17,19). The van der Waals surface area contributed by atoms with Crippen LogP contribution in [0.4, 0.5) is 15.8 Å². The van der Waals surface area contributed by atoms with Crippen LogP contribution >= 0.6 is 15.9 Å². The van der Waals surface area contributed by atoms with Crippen molar-refractivity contribution in [1.82, 2.24) is 0 Å². The summed E-state index contributed by atoms with van der Waals surface area (Å²) < 4.78 is 41.0. The van der Waals surface area contributed by atoms with Gasteiger partial charge in [-0.2, -0.15) is 0 Å². The van der Waals surface area contributed by atoms with E-state index in [0.29, 0.717) is 0 Å². The molecule has 2 rings (SSSR count). The summed E-state index contributed by atoms with van der Waals surface area (Å²) in [5.74, 6) is -1.02. The lowest BCUT2D eigenvalue weighted by Gasteiger charge is -2.13. The van der Waals surface area contributed by atoms with Crippen LogP contribution in [0.5, 0.6) is 0 Å². The Bertz CT molecular complexity index is 807. The van der Waals surface area contributed by atoms with Crippen molar-refractivity contribution in [3.8, 4) is 0 Å². The number of rotatable bonds is 4. The third-order valence-corrected chi connectivity index (χ3v) is 4.57. The molecule has 0 aliphatic carbocycles. The lowest BCUT2D eigenvalue weighted by atomic mass is 10.2. The molecule has 0 radical (unpaired) electrons. The first kappa shape index (κ1) is 16.4. The minimum atomic E-state index is -3.89. The Kier molecular flexibility index (Phi) is 4.82. The molecule has 8 heteroatoms. The summed E-state index contributed by atoms with van der Waals surface area (Å²) in [7, 11) is -3.89. The quantitative estimate of drug-likeness (QED) is 0.845. The number of sulfonamides is 1. The summed E-state index contributed by atoms with van der Waals surface area (Å²) in [6.07, 6.45) is 0. The predicted molar refractivity (Wildman–Crippen MR) is 85.7 cm³/mol. The zero-order valence-corrected chi connectivity index (χ0v) is 13.8. The molecule has 0 atom stereocenters. The van der Waals surface area contributed by atoms with Crippen molar-refractivity contribution in [3.63, 3.8) is 0 Å². The maximum Gasteiger partial charge on any atom is 0.261 e. The fourth-order valence-corrected chi connectivity index (χ4v) is 3.05. The van der Waals surface area contributed by atoms with Crippen LogP contribution in [0.3, 0.4) is 0 Å². The summed E-state index contributed by atoms with van der Waals surface area (Å²) in [6, 6.07) is 9.39. The summed E-state index contributed by atoms with van der Waals surface area (Å²) in [5.41, 5.74) is 0.132. The third kappa shape index (κ3) is 4.05. The SMILES string of the molecule is CC(=O)Nc1ccc(F)cc1NS(=O)(=O)c1ccc(Br)cc1. The summed E-state index contributed by atoms with van der Waals surface area (Å²) in [5, 5.41) is 2.44. The van der Waals surface area contributed by atoms with E-state index < -0.39 is 21.7 Å². The smallest absolute Gasteiger partial charge is 0.261 e. The molecule has 2 N–H and O–H groups in total. The molecule has 0 aromatic heterocycles. The normalized spacial score (nSPS) is 11.0. The molecular weight excluding hydrogens is 375 g/mol. The van der Waals surface area contributed by atoms with Crippen molar-refractivity contribution in [1.29, 1.82) is 0 Å². The Morgan fingerprint density at radius 1 is 1.09 bits per heavy atom. The molecule has 2 aromatic carbocycles. The molecule has 0 saturated carbocycles. The van der Waals surface area contributed by atoms with Crippen LogP contribution < -0.4 is 10.0 Å². The third-order valence-electron chi connectivity index (χ3n) is 2.66. The Labute approximate surface area is 135 Å². The highest BCUT2D eigenvalue weighted by atomic mass is 79.9. The lowest BCUT2D eigenvalue weighted by molar-refractivity contribution is -0.114. The number of anilines is 2. The zero-order chi connectivity index (χ0) is 16.3. The van der Waals surface area contributed by atoms with Gasteiger partial charge in [0.15, 0.2) is 0 Å². The Hall–Kier alpha value is -1.93. The maximum absolute atomic E-state index is 13.4. The van der Waals surface area contributed by atoms with Gasteiger partial charge in [0.25, 0.3) is 10.0 Å². The second kappa shape index (κ2) is 6.45. The first-order valence-corrected chi connectivity index (χ1v) is 8.41. The van der Waals surface area contributed by atoms with Crippen LogP contribution in [-0.2, 0) is 14.8 Å². The highest BCUT2D eigenvalue weighted by Crippen LogP contribution is 2.26. The van der Waals surface area contributed by atoms with Crippen LogP contribution in [-0.4, -0.2) is 14.3 Å². The Balaban J connectivity index is 2.38. The van der Waals surface area contributed by atoms with Crippen molar-refractivity contribution >= 4 is 43.2 Å². The van der Waals surface area contributed by atoms with Gasteiger partial charge in [-0.25, -0.2) is 12.8 Å². The number of nitrogens with one attached hydrogen (secondary N) is 2. The van der Waals surface area contributed by atoms with Gasteiger partial charge in [-0.3, -0.25) is 9.52 Å². The van der Waals surface area contributed by atoms with Crippen LogP contribution in [0.2, 0.25) is 0 Å². The first-order valence-electron chi connectivity index (χ1n) is 6.13. The largest absolute Gasteiger partial charge is 0.325 e. The number of carbonyl (C=O) groups is 1. The van der Waals surface area contributed by atoms with E-state index in [1.54, 1.807) is 12.1 Å². The molecule has 0 aliphatic heterocycles. The fourth-order valence-electron chi connectivity index (χ4n) is 1.72. The van der Waals surface area contributed by atoms with Crippen molar-refractivity contribution in [2.45, 2.75) is 11.8 Å². The van der Waals surface area contributed by atoms with Gasteiger partial charge in [0.2, 0.25) is 5.91 Å². The topological polar surface area (TPSA) is 75.3 Å². The molecule has 22 heavy (non-hydrogen) atoms. The second-order valence-electron chi connectivity index (χ2n) is 4.43. The fraction of sp³-hybridized carbons (Fsp3) is 0.0714. The number of amides is 1. The zero-order valence-electron chi connectivity index (χ0n) is 11.4. The number of hydrogen-bond donors (Lipinski definition) is 2. The highest BCUT2D eigenvalue weighted by Gasteiger charge is 2.17. The van der Waals surface area contributed by atoms with E-state index in [1.165, 1.54) is 25.1 Å². The minimum Gasteiger partial charge on any atom is -0.325 e. The first-order chi connectivity index (χ1) is 10.3. The molecule has 2 aromatic rings. The molecule has 0 unspecified atom stereocenters. The predicted octanol–water partition coefficient (Wildman–Crippen LogP) is 3.35. The van der Waals surface area contributed by atoms with Crippen LogP contribution in [0.15, 0.2) is 51.8 Å². The van der Waals surface area contributed by atoms with Crippen molar-refractivity contribution in [2.75, 3.05) is 10.0 Å². The molecule has 116 valence electrons. The number of halogens is 2. The molecular formula is C14H12BrFN2O3S. The van der Waals surface area contributed by atoms with E-state index in [2.05, 4.69) is 26.0 Å². The molecule has 0 spiro atoms. The molecule has 0 saturated heterocycles. The summed E-state index contributed by atoms with van der Waals surface area (Å²) >= 11 is 3.21. The molecule has 0 aliphatic rings. The van der Waals surface area contributed by atoms with Gasteiger partial charge < -0.3 is 5.32 Å². The van der Waals surface area contributed by atoms with Crippen molar-refractivity contribution in [2.24, 2.45) is 0 Å². The van der Waals surface area contributed by atoms with E-state index in [4.69, 9.17) is 0 Å². The monoisotopic (exact) mass is 386 g/mol. The van der Waals surface area contributed by atoms with Gasteiger partial charge in [-0.15, -0.1) is 0 Å². The average molecular weight is 387 g/mol. The van der Waals surface area contributed by atoms with Gasteiger partial charge in [-0.1, -0.05) is 15.9 Å². The van der Waals surface area contributed by atoms with Crippen LogP contribution in [0.25, 0.3) is 0 Å². The van der Waals surface area contributed by atoms with Gasteiger partial charge in [0, 0.05) is 17.5 Å². The van der Waals surface area contributed by atoms with E-state index in [1.807, 2.05) is 0 Å². The van der Waals surface area contributed by atoms with Gasteiger partial charge >= 0.3 is 0 Å². The summed E-state index contributed by atoms with van der Waals surface area (Å²) in [4.78, 5) is 11.2. The molecule has 0 fully saturated rings. The van der Waals surface area contributed by atoms with Gasteiger partial charge in [0.1, 0.15) is 5.82 Å². The average Bonchev–Trinajstić information content (AvgIpc) is 2.41. The van der Waals surface area contributed by atoms with Gasteiger partial charge in [0.05, 0.1) is 16.3 Å². The van der Waals surface area contributed by atoms with E-state index in [0.717, 1.165) is 16.6 Å². The molecule has 0 bridgehead atoms. The van der Waals surface area contributed by atoms with Gasteiger partial charge in [-0.05, 0) is 36.4 Å². The van der Waals surface area contributed by atoms with Crippen molar-refractivity contribution < 1.29 is 17.6 Å². The molecule has 0 heterocycles. The van der Waals surface area contributed by atoms with Crippen molar-refractivity contribution in [3.05, 3.63) is 52.8 Å².